The molecule has 1 aliphatic rings. The Bertz CT molecular complexity index is 487. The van der Waals surface area contributed by atoms with E-state index in [1.165, 1.54) is 6.08 Å². The van der Waals surface area contributed by atoms with Gasteiger partial charge in [0.25, 0.3) is 0 Å². The van der Waals surface area contributed by atoms with E-state index in [2.05, 4.69) is 21.2 Å². The summed E-state index contributed by atoms with van der Waals surface area (Å²) in [7, 11) is 0. The van der Waals surface area contributed by atoms with E-state index in [1.54, 1.807) is 6.08 Å². The van der Waals surface area contributed by atoms with E-state index in [9.17, 15) is 9.90 Å². The lowest BCUT2D eigenvalue weighted by Crippen LogP contribution is -2.36. The van der Waals surface area contributed by atoms with E-state index in [0.29, 0.717) is 6.54 Å². The third-order valence-electron chi connectivity index (χ3n) is 3.73. The fraction of sp³-hybridized carbons (Fsp3) is 0.438. The number of aliphatic hydroxyl groups is 1. The SMILES string of the molecule is O=C(C=Cc1ccccc1Br)NCC1CCCCC1O. The van der Waals surface area contributed by atoms with Gasteiger partial charge in [-0.05, 0) is 30.5 Å². The summed E-state index contributed by atoms with van der Waals surface area (Å²) < 4.78 is 0.965. The van der Waals surface area contributed by atoms with Crippen LogP contribution in [0.5, 0.6) is 0 Å². The summed E-state index contributed by atoms with van der Waals surface area (Å²) in [5, 5.41) is 12.7. The molecule has 0 heterocycles. The van der Waals surface area contributed by atoms with Gasteiger partial charge in [-0.2, -0.15) is 0 Å². The zero-order valence-electron chi connectivity index (χ0n) is 11.4. The number of amides is 1. The standard InChI is InChI=1S/C16H20BrNO2/c17-14-7-3-1-5-12(14)9-10-16(20)18-11-13-6-2-4-8-15(13)19/h1,3,5,7,9-10,13,15,19H,2,4,6,8,11H2,(H,18,20). The number of halogens is 1. The molecule has 2 unspecified atom stereocenters. The molecule has 2 N–H and O–H groups in total. The molecule has 0 aliphatic heterocycles. The zero-order chi connectivity index (χ0) is 14.4. The first kappa shape index (κ1) is 15.3. The van der Waals surface area contributed by atoms with Crippen LogP contribution < -0.4 is 5.32 Å². The van der Waals surface area contributed by atoms with Crippen molar-refractivity contribution in [2.24, 2.45) is 5.92 Å². The monoisotopic (exact) mass is 337 g/mol. The number of hydrogen-bond acceptors (Lipinski definition) is 2. The van der Waals surface area contributed by atoms with Gasteiger partial charge in [0.1, 0.15) is 0 Å². The maximum Gasteiger partial charge on any atom is 0.244 e. The summed E-state index contributed by atoms with van der Waals surface area (Å²) in [5.74, 6) is 0.0862. The minimum atomic E-state index is -0.267. The number of aliphatic hydroxyl groups excluding tert-OH is 1. The highest BCUT2D eigenvalue weighted by Gasteiger charge is 2.22. The Morgan fingerprint density at radius 2 is 2.10 bits per heavy atom. The van der Waals surface area contributed by atoms with E-state index >= 15 is 0 Å². The summed E-state index contributed by atoms with van der Waals surface area (Å²) in [6.45, 7) is 0.556. The molecule has 1 aromatic carbocycles. The third kappa shape index (κ3) is 4.46. The predicted octanol–water partition coefficient (Wildman–Crippen LogP) is 3.13. The van der Waals surface area contributed by atoms with Gasteiger partial charge in [-0.1, -0.05) is 47.0 Å². The van der Waals surface area contributed by atoms with Crippen LogP contribution in [0.25, 0.3) is 6.08 Å². The number of carbonyl (C=O) groups excluding carboxylic acids is 1. The largest absolute Gasteiger partial charge is 0.393 e. The number of benzene rings is 1. The van der Waals surface area contributed by atoms with Crippen molar-refractivity contribution in [3.63, 3.8) is 0 Å². The van der Waals surface area contributed by atoms with E-state index < -0.39 is 0 Å². The van der Waals surface area contributed by atoms with E-state index in [4.69, 9.17) is 0 Å². The van der Waals surface area contributed by atoms with Crippen molar-refractivity contribution in [2.45, 2.75) is 31.8 Å². The molecule has 3 nitrogen and oxygen atoms in total. The van der Waals surface area contributed by atoms with Gasteiger partial charge < -0.3 is 10.4 Å². The van der Waals surface area contributed by atoms with Gasteiger partial charge in [0, 0.05) is 23.0 Å². The first-order valence-corrected chi connectivity index (χ1v) is 7.84. The minimum absolute atomic E-state index is 0.112. The van der Waals surface area contributed by atoms with Gasteiger partial charge in [0.15, 0.2) is 0 Å². The molecular weight excluding hydrogens is 318 g/mol. The summed E-state index contributed by atoms with van der Waals surface area (Å²) in [4.78, 5) is 11.8. The highest BCUT2D eigenvalue weighted by atomic mass is 79.9. The van der Waals surface area contributed by atoms with Crippen molar-refractivity contribution in [3.8, 4) is 0 Å². The second-order valence-electron chi connectivity index (χ2n) is 5.21. The smallest absolute Gasteiger partial charge is 0.244 e. The average molecular weight is 338 g/mol. The van der Waals surface area contributed by atoms with E-state index in [1.807, 2.05) is 24.3 Å². The Labute approximate surface area is 128 Å². The summed E-state index contributed by atoms with van der Waals surface area (Å²) >= 11 is 3.44. The third-order valence-corrected chi connectivity index (χ3v) is 4.45. The molecule has 1 saturated carbocycles. The van der Waals surface area contributed by atoms with Crippen molar-refractivity contribution in [2.75, 3.05) is 6.54 Å². The highest BCUT2D eigenvalue weighted by molar-refractivity contribution is 9.10. The molecular formula is C16H20BrNO2. The Balaban J connectivity index is 1.82. The summed E-state index contributed by atoms with van der Waals surface area (Å²) in [6, 6.07) is 7.75. The maximum absolute atomic E-state index is 11.8. The Hall–Kier alpha value is -1.13. The van der Waals surface area contributed by atoms with Gasteiger partial charge in [-0.15, -0.1) is 0 Å². The van der Waals surface area contributed by atoms with Crippen molar-refractivity contribution in [3.05, 3.63) is 40.4 Å². The fourth-order valence-corrected chi connectivity index (χ4v) is 2.91. The second kappa shape index (κ2) is 7.60. The van der Waals surface area contributed by atoms with Gasteiger partial charge in [0.2, 0.25) is 5.91 Å². The molecule has 2 atom stereocenters. The Morgan fingerprint density at radius 1 is 1.35 bits per heavy atom. The van der Waals surface area contributed by atoms with E-state index in [-0.39, 0.29) is 17.9 Å². The van der Waals surface area contributed by atoms with Crippen LogP contribution in [0.15, 0.2) is 34.8 Å². The molecule has 0 bridgehead atoms. The molecule has 0 saturated heterocycles. The van der Waals surface area contributed by atoms with Crippen LogP contribution in [0.2, 0.25) is 0 Å². The lowest BCUT2D eigenvalue weighted by molar-refractivity contribution is -0.116. The van der Waals surface area contributed by atoms with Crippen LogP contribution >= 0.6 is 15.9 Å². The molecule has 4 heteroatoms. The van der Waals surface area contributed by atoms with Crippen LogP contribution in [-0.2, 0) is 4.79 Å². The Kier molecular flexibility index (Phi) is 5.80. The number of carbonyl (C=O) groups is 1. The van der Waals surface area contributed by atoms with E-state index in [0.717, 1.165) is 35.7 Å². The molecule has 108 valence electrons. The first-order chi connectivity index (χ1) is 9.66. The Morgan fingerprint density at radius 3 is 2.85 bits per heavy atom. The number of nitrogens with one attached hydrogen (secondary N) is 1. The lowest BCUT2D eigenvalue weighted by atomic mass is 9.86. The van der Waals surface area contributed by atoms with Gasteiger partial charge in [0.05, 0.1) is 6.10 Å². The molecule has 2 rings (SSSR count). The normalized spacial score (nSPS) is 22.9. The number of rotatable bonds is 4. The summed E-state index contributed by atoms with van der Waals surface area (Å²) in [6.07, 6.45) is 7.14. The molecule has 1 fully saturated rings. The average Bonchev–Trinajstić information content (AvgIpc) is 2.45. The topological polar surface area (TPSA) is 49.3 Å². The van der Waals surface area contributed by atoms with Crippen molar-refractivity contribution < 1.29 is 9.90 Å². The molecule has 20 heavy (non-hydrogen) atoms. The first-order valence-electron chi connectivity index (χ1n) is 7.05. The van der Waals surface area contributed by atoms with Crippen molar-refractivity contribution >= 4 is 27.9 Å². The molecule has 0 radical (unpaired) electrons. The second-order valence-corrected chi connectivity index (χ2v) is 6.07. The molecule has 1 amide bonds. The van der Waals surface area contributed by atoms with Crippen molar-refractivity contribution in [1.82, 2.24) is 5.32 Å². The predicted molar refractivity (Wildman–Crippen MR) is 84.2 cm³/mol. The van der Waals surface area contributed by atoms with Crippen LogP contribution in [0.4, 0.5) is 0 Å². The van der Waals surface area contributed by atoms with Gasteiger partial charge in [-0.25, -0.2) is 0 Å². The molecule has 1 aromatic rings. The quantitative estimate of drug-likeness (QED) is 0.829. The van der Waals surface area contributed by atoms with Gasteiger partial charge in [-0.3, -0.25) is 4.79 Å². The van der Waals surface area contributed by atoms with Gasteiger partial charge >= 0.3 is 0 Å². The highest BCUT2D eigenvalue weighted by Crippen LogP contribution is 2.23. The maximum atomic E-state index is 11.8. The van der Waals surface area contributed by atoms with Crippen LogP contribution in [0.1, 0.15) is 31.2 Å². The molecule has 0 aromatic heterocycles. The van der Waals surface area contributed by atoms with Crippen molar-refractivity contribution in [1.29, 1.82) is 0 Å². The zero-order valence-corrected chi connectivity index (χ0v) is 13.0. The number of hydrogen-bond donors (Lipinski definition) is 2. The lowest BCUT2D eigenvalue weighted by Gasteiger charge is -2.27. The van der Waals surface area contributed by atoms with Crippen LogP contribution in [-0.4, -0.2) is 23.7 Å². The van der Waals surface area contributed by atoms with Crippen LogP contribution in [0.3, 0.4) is 0 Å². The molecule has 0 spiro atoms. The summed E-state index contributed by atoms with van der Waals surface area (Å²) in [5.41, 5.74) is 0.973. The molecule has 1 aliphatic carbocycles. The fourth-order valence-electron chi connectivity index (χ4n) is 2.49. The van der Waals surface area contributed by atoms with Crippen LogP contribution in [0, 0.1) is 5.92 Å². The minimum Gasteiger partial charge on any atom is -0.393 e.